The number of benzene rings is 4. The van der Waals surface area contributed by atoms with Gasteiger partial charge in [0.15, 0.2) is 0 Å². The van der Waals surface area contributed by atoms with Crippen molar-refractivity contribution in [3.8, 4) is 22.3 Å². The Morgan fingerprint density at radius 2 is 1.33 bits per heavy atom. The number of fused-ring (bicyclic) bond motifs is 2. The topological polar surface area (TPSA) is 0 Å². The number of allylic oxidation sites excluding steroid dienone is 2. The van der Waals surface area contributed by atoms with Crippen molar-refractivity contribution < 1.29 is 15.6 Å². The van der Waals surface area contributed by atoms with Crippen molar-refractivity contribution in [3.63, 3.8) is 0 Å². The Hall–Kier alpha value is -1.96. The van der Waals surface area contributed by atoms with E-state index in [0.29, 0.717) is 0 Å². The van der Waals surface area contributed by atoms with Gasteiger partial charge in [0.05, 0.1) is 0 Å². The Kier molecular flexibility index (Phi) is 9.45. The van der Waals surface area contributed by atoms with E-state index in [-0.39, 0.29) is 12.7 Å². The van der Waals surface area contributed by atoms with Crippen molar-refractivity contribution >= 4 is 35.1 Å². The molecular formula is C42H49Cl2SiZr. The molecule has 2 aliphatic rings. The van der Waals surface area contributed by atoms with Crippen LogP contribution in [0.25, 0.3) is 34.4 Å². The Bertz CT molecular complexity index is 1810. The van der Waals surface area contributed by atoms with E-state index in [9.17, 15) is 0 Å². The fraction of sp³-hybridized carbons (Fsp3) is 0.333. The van der Waals surface area contributed by atoms with Gasteiger partial charge in [0.1, 0.15) is 0 Å². The molecule has 0 saturated carbocycles. The van der Waals surface area contributed by atoms with Crippen molar-refractivity contribution in [2.45, 2.75) is 86.1 Å². The zero-order valence-corrected chi connectivity index (χ0v) is 33.8. The number of aryl methyl sites for hydroxylation is 1. The van der Waals surface area contributed by atoms with Crippen LogP contribution in [-0.4, -0.2) is 5.92 Å². The molecule has 6 rings (SSSR count). The van der Waals surface area contributed by atoms with Crippen molar-refractivity contribution in [3.05, 3.63) is 130 Å². The van der Waals surface area contributed by atoms with E-state index in [0.717, 1.165) is 25.7 Å². The summed E-state index contributed by atoms with van der Waals surface area (Å²) in [5.41, 5.74) is 14.8. The summed E-state index contributed by atoms with van der Waals surface area (Å²) in [7, 11) is 17.0. The molecule has 0 fully saturated rings. The average Bonchev–Trinajstić information content (AvgIpc) is 3.66. The van der Waals surface area contributed by atoms with Crippen LogP contribution >= 0.6 is 17.0 Å². The Morgan fingerprint density at radius 1 is 0.739 bits per heavy atom. The third-order valence-electron chi connectivity index (χ3n) is 10.9. The van der Waals surface area contributed by atoms with Gasteiger partial charge in [0.25, 0.3) is 0 Å². The maximum atomic E-state index is 8.52. The van der Waals surface area contributed by atoms with Crippen molar-refractivity contribution in [2.75, 3.05) is 0 Å². The van der Waals surface area contributed by atoms with Crippen LogP contribution in [-0.2, 0) is 27.4 Å². The number of rotatable bonds is 9. The average molecular weight is 744 g/mol. The second-order valence-electron chi connectivity index (χ2n) is 15.0. The van der Waals surface area contributed by atoms with Crippen LogP contribution in [0.15, 0.2) is 96.6 Å². The molecular weight excluding hydrogens is 695 g/mol. The van der Waals surface area contributed by atoms with E-state index in [2.05, 4.69) is 151 Å². The summed E-state index contributed by atoms with van der Waals surface area (Å²) in [5, 5.41) is 0. The third kappa shape index (κ3) is 5.74. The van der Waals surface area contributed by atoms with Gasteiger partial charge < -0.3 is 0 Å². The maximum absolute atomic E-state index is 8.52. The molecule has 4 heteroatoms. The van der Waals surface area contributed by atoms with E-state index in [1.54, 1.807) is 0 Å². The molecule has 0 nitrogen and oxygen atoms in total. The second-order valence-corrected chi connectivity index (χ2v) is 57.6. The summed E-state index contributed by atoms with van der Waals surface area (Å²) in [5.74, 6) is -1.58. The molecule has 46 heavy (non-hydrogen) atoms. The fourth-order valence-electron chi connectivity index (χ4n) is 7.98. The van der Waals surface area contributed by atoms with Gasteiger partial charge in [-0.25, -0.2) is 0 Å². The Balaban J connectivity index is 1.49. The van der Waals surface area contributed by atoms with Crippen LogP contribution in [0.4, 0.5) is 0 Å². The van der Waals surface area contributed by atoms with Crippen LogP contribution < -0.4 is 0 Å². The number of hydrogen-bond donors (Lipinski definition) is 0. The summed E-state index contributed by atoms with van der Waals surface area (Å²) in [6, 6.07) is 32.0. The van der Waals surface area contributed by atoms with Crippen LogP contribution in [0.3, 0.4) is 0 Å². The van der Waals surface area contributed by atoms with Gasteiger partial charge in [0.2, 0.25) is 0 Å². The van der Waals surface area contributed by atoms with Gasteiger partial charge in [-0.2, -0.15) is 0 Å². The molecule has 2 aliphatic carbocycles. The van der Waals surface area contributed by atoms with Crippen molar-refractivity contribution in [1.82, 2.24) is 0 Å². The minimum absolute atomic E-state index is 0.0914. The standard InChI is InChI=1S/C21H23.C19H19.C2H7Si.2ClH.Zr/c1-3-5-7-17-14-19-8-6-9-20(21(19)15-17)18-12-10-16(4-2)11-13-18;1-19(2,3)16-12-10-15(11-13-16)18-9-5-7-14-6-4-8-17(14)18;1-3-2;;;/h6,8-15H,3-5,7H2,1-2H3;4-13H,1-3H3;3H,1-2H3;2*1H;/q;;;;;+2/p-2. The van der Waals surface area contributed by atoms with Gasteiger partial charge in [0, 0.05) is 0 Å². The molecule has 0 aromatic heterocycles. The van der Waals surface area contributed by atoms with E-state index in [1.807, 2.05) is 0 Å². The molecule has 0 saturated heterocycles. The first kappa shape index (κ1) is 33.9. The van der Waals surface area contributed by atoms with E-state index in [1.165, 1.54) is 61.2 Å². The first-order chi connectivity index (χ1) is 21.9. The Morgan fingerprint density at radius 3 is 1.89 bits per heavy atom. The first-order valence-corrected chi connectivity index (χ1v) is 33.6. The number of halogens is 2. The van der Waals surface area contributed by atoms with E-state index in [4.69, 9.17) is 17.0 Å². The quantitative estimate of drug-likeness (QED) is 0.150. The molecule has 4 aromatic carbocycles. The SMILES string of the molecule is CCCCC1=Cc2c(-c3ccc(CC)cc3)cccc2[CH]1[Zr]([Cl])([Cl])([CH]1C=Cc2c(-c3ccc(C(C)(C)C)cc3)cccc21)[SiH](C)C. The number of unbranched alkanes of at least 4 members (excludes halogenated alkanes) is 1. The first-order valence-electron chi connectivity index (χ1n) is 17.3. The molecule has 0 radical (unpaired) electrons. The molecule has 0 N–H and O–H groups in total. The van der Waals surface area contributed by atoms with Gasteiger partial charge in [-0.05, 0) is 0 Å². The molecule has 4 aromatic rings. The zero-order valence-electron chi connectivity index (χ0n) is 28.6. The molecule has 0 bridgehead atoms. The normalized spacial score (nSPS) is 18.3. The van der Waals surface area contributed by atoms with Gasteiger partial charge in [-0.3, -0.25) is 0 Å². The second kappa shape index (κ2) is 12.8. The molecule has 2 unspecified atom stereocenters. The molecule has 0 spiro atoms. The number of hydrogen-bond acceptors (Lipinski definition) is 0. The van der Waals surface area contributed by atoms with Crippen molar-refractivity contribution in [2.24, 2.45) is 0 Å². The van der Waals surface area contributed by atoms with E-state index >= 15 is 0 Å². The van der Waals surface area contributed by atoms with Gasteiger partial charge in [-0.15, -0.1) is 0 Å². The summed E-state index contributed by atoms with van der Waals surface area (Å²) < 4.78 is 0.219. The summed E-state index contributed by atoms with van der Waals surface area (Å²) in [4.78, 5) is 0. The monoisotopic (exact) mass is 741 g/mol. The zero-order chi connectivity index (χ0) is 32.9. The van der Waals surface area contributed by atoms with Crippen LogP contribution in [0, 0.1) is 0 Å². The molecule has 0 aliphatic heterocycles. The molecule has 239 valence electrons. The summed E-state index contributed by atoms with van der Waals surface area (Å²) >= 11 is -4.71. The van der Waals surface area contributed by atoms with Crippen molar-refractivity contribution in [1.29, 1.82) is 0 Å². The Labute approximate surface area is 286 Å². The van der Waals surface area contributed by atoms with E-state index < -0.39 is 21.5 Å². The van der Waals surface area contributed by atoms with Gasteiger partial charge >= 0.3 is 289 Å². The molecule has 0 amide bonds. The minimum atomic E-state index is -4.71. The molecule has 2 atom stereocenters. The third-order valence-corrected chi connectivity index (χ3v) is 62.9. The van der Waals surface area contributed by atoms with Crippen LogP contribution in [0.1, 0.15) is 94.5 Å². The molecule has 0 heterocycles. The van der Waals surface area contributed by atoms with Gasteiger partial charge in [-0.1, -0.05) is 0 Å². The fourth-order valence-corrected chi connectivity index (χ4v) is 37.4. The summed E-state index contributed by atoms with van der Waals surface area (Å²) in [6.45, 7) is 16.2. The van der Waals surface area contributed by atoms with Crippen LogP contribution in [0.5, 0.6) is 0 Å². The predicted molar refractivity (Wildman–Crippen MR) is 204 cm³/mol. The van der Waals surface area contributed by atoms with Crippen LogP contribution in [0.2, 0.25) is 13.1 Å². The summed E-state index contributed by atoms with van der Waals surface area (Å²) in [6.07, 6.45) is 11.7. The predicted octanol–water partition coefficient (Wildman–Crippen LogP) is 13.3.